The van der Waals surface area contributed by atoms with Crippen LogP contribution in [-0.4, -0.2) is 46.0 Å². The molecule has 2 aromatic carbocycles. The quantitative estimate of drug-likeness (QED) is 0.502. The van der Waals surface area contributed by atoms with Crippen LogP contribution in [0.15, 0.2) is 59.8 Å². The number of hydrogen-bond donors (Lipinski definition) is 1. The molecule has 2 heterocycles. The Morgan fingerprint density at radius 1 is 1.03 bits per heavy atom. The number of carboxylic acid groups (broad SMARTS) is 1. The van der Waals surface area contributed by atoms with E-state index in [-0.39, 0.29) is 6.47 Å². The fourth-order valence-corrected chi connectivity index (χ4v) is 3.73. The first-order chi connectivity index (χ1) is 14.2. The van der Waals surface area contributed by atoms with Crippen molar-refractivity contribution < 1.29 is 18.3 Å². The molecule has 0 aliphatic rings. The van der Waals surface area contributed by atoms with Crippen molar-refractivity contribution in [2.24, 2.45) is 7.05 Å². The molecule has 0 fully saturated rings. The molecule has 4 aromatic rings. The van der Waals surface area contributed by atoms with Crippen LogP contribution in [0.3, 0.4) is 0 Å². The minimum Gasteiger partial charge on any atom is -0.483 e. The summed E-state index contributed by atoms with van der Waals surface area (Å²) in [5.74, 6) is 0.803. The summed E-state index contributed by atoms with van der Waals surface area (Å²) in [5, 5.41) is 16.0. The molecule has 154 valence electrons. The van der Waals surface area contributed by atoms with Crippen LogP contribution in [0.2, 0.25) is 0 Å². The van der Waals surface area contributed by atoms with Crippen LogP contribution in [0.25, 0.3) is 33.5 Å². The number of nitrogens with zero attached hydrogens (tertiary/aromatic N) is 4. The van der Waals surface area contributed by atoms with E-state index in [1.807, 2.05) is 36.7 Å². The molecule has 30 heavy (non-hydrogen) atoms. The molecule has 0 spiro atoms. The fourth-order valence-electron chi connectivity index (χ4n) is 3.10. The molecule has 9 heteroatoms. The summed E-state index contributed by atoms with van der Waals surface area (Å²) in [6.45, 7) is 1.79. The number of rotatable bonds is 3. The minimum atomic E-state index is -3.21. The van der Waals surface area contributed by atoms with Gasteiger partial charge in [-0.3, -0.25) is 4.79 Å². The van der Waals surface area contributed by atoms with Gasteiger partial charge in [-0.15, -0.1) is 10.2 Å². The van der Waals surface area contributed by atoms with E-state index in [1.165, 1.54) is 6.26 Å². The number of benzene rings is 2. The number of sulfone groups is 1. The molecule has 0 aliphatic carbocycles. The summed E-state index contributed by atoms with van der Waals surface area (Å²) in [4.78, 5) is 13.4. The van der Waals surface area contributed by atoms with Crippen molar-refractivity contribution >= 4 is 27.2 Å². The molecule has 0 saturated carbocycles. The monoisotopic (exact) mass is 424 g/mol. The van der Waals surface area contributed by atoms with E-state index in [9.17, 15) is 8.42 Å². The number of fused-ring (bicyclic) bond motifs is 1. The smallest absolute Gasteiger partial charge is 0.290 e. The maximum absolute atomic E-state index is 11.6. The Bertz CT molecular complexity index is 1310. The fraction of sp³-hybridized carbons (Fsp3) is 0.143. The second-order valence-electron chi connectivity index (χ2n) is 6.72. The van der Waals surface area contributed by atoms with Gasteiger partial charge in [0.25, 0.3) is 6.47 Å². The zero-order chi connectivity index (χ0) is 21.9. The number of aryl methyl sites for hydroxylation is 2. The van der Waals surface area contributed by atoms with E-state index < -0.39 is 9.84 Å². The van der Waals surface area contributed by atoms with Crippen LogP contribution in [0.4, 0.5) is 0 Å². The van der Waals surface area contributed by atoms with Gasteiger partial charge in [0.15, 0.2) is 15.7 Å². The number of pyridine rings is 1. The highest BCUT2D eigenvalue weighted by atomic mass is 32.2. The molecular formula is C21H20N4O4S. The Morgan fingerprint density at radius 3 is 2.23 bits per heavy atom. The van der Waals surface area contributed by atoms with E-state index in [4.69, 9.17) is 14.9 Å². The molecule has 1 N–H and O–H groups in total. The SMILES string of the molecule is Cc1cc(-c2ccc(S(C)(=O)=O)cc2)nc2ccc(-c3nncn3C)cc12.O=CO. The van der Waals surface area contributed by atoms with Gasteiger partial charge < -0.3 is 9.67 Å². The first-order valence-electron chi connectivity index (χ1n) is 8.88. The van der Waals surface area contributed by atoms with Crippen molar-refractivity contribution in [1.82, 2.24) is 19.7 Å². The average molecular weight is 424 g/mol. The first-order valence-corrected chi connectivity index (χ1v) is 10.8. The van der Waals surface area contributed by atoms with Crippen molar-refractivity contribution in [2.45, 2.75) is 11.8 Å². The third-order valence-corrected chi connectivity index (χ3v) is 5.69. The normalized spacial score (nSPS) is 11.0. The first kappa shape index (κ1) is 21.1. The van der Waals surface area contributed by atoms with Crippen molar-refractivity contribution in [3.05, 3.63) is 60.4 Å². The Morgan fingerprint density at radius 2 is 1.67 bits per heavy atom. The van der Waals surface area contributed by atoms with Crippen LogP contribution >= 0.6 is 0 Å². The molecule has 0 aliphatic heterocycles. The zero-order valence-electron chi connectivity index (χ0n) is 16.6. The molecule has 2 aromatic heterocycles. The lowest BCUT2D eigenvalue weighted by Crippen LogP contribution is -1.97. The minimum absolute atomic E-state index is 0.250. The number of hydrogen-bond acceptors (Lipinski definition) is 6. The number of carbonyl (C=O) groups is 1. The summed E-state index contributed by atoms with van der Waals surface area (Å²) in [7, 11) is -1.30. The maximum Gasteiger partial charge on any atom is 0.290 e. The van der Waals surface area contributed by atoms with E-state index >= 15 is 0 Å². The van der Waals surface area contributed by atoms with Crippen LogP contribution < -0.4 is 0 Å². The highest BCUT2D eigenvalue weighted by Gasteiger charge is 2.11. The summed E-state index contributed by atoms with van der Waals surface area (Å²) in [6.07, 6.45) is 2.88. The summed E-state index contributed by atoms with van der Waals surface area (Å²) < 4.78 is 25.1. The van der Waals surface area contributed by atoms with Crippen molar-refractivity contribution in [2.75, 3.05) is 6.26 Å². The van der Waals surface area contributed by atoms with E-state index in [2.05, 4.69) is 16.3 Å². The van der Waals surface area contributed by atoms with Crippen LogP contribution in [0.1, 0.15) is 5.56 Å². The molecular weight excluding hydrogens is 404 g/mol. The van der Waals surface area contributed by atoms with Gasteiger partial charge in [-0.25, -0.2) is 13.4 Å². The number of aromatic nitrogens is 4. The topological polar surface area (TPSA) is 115 Å². The average Bonchev–Trinajstić information content (AvgIpc) is 3.14. The molecule has 0 amide bonds. The van der Waals surface area contributed by atoms with Gasteiger partial charge in [-0.1, -0.05) is 12.1 Å². The predicted octanol–water partition coefficient (Wildman–Crippen LogP) is 3.11. The second kappa shape index (κ2) is 8.42. The van der Waals surface area contributed by atoms with Gasteiger partial charge in [0.1, 0.15) is 6.33 Å². The molecule has 0 atom stereocenters. The van der Waals surface area contributed by atoms with Gasteiger partial charge in [0.2, 0.25) is 0 Å². The van der Waals surface area contributed by atoms with E-state index in [1.54, 1.807) is 30.6 Å². The third kappa shape index (κ3) is 4.36. The lowest BCUT2D eigenvalue weighted by Gasteiger charge is -2.09. The standard InChI is InChI=1S/C20H18N4O2S.CH2O2/c1-13-10-19(14-4-7-16(8-5-14)27(3,25)26)22-18-9-6-15(11-17(13)18)20-23-21-12-24(20)2;2-1-3/h4-12H,1-3H3;1H,(H,2,3). The summed E-state index contributed by atoms with van der Waals surface area (Å²) >= 11 is 0. The molecule has 8 nitrogen and oxygen atoms in total. The molecule has 4 rings (SSSR count). The molecule has 0 bridgehead atoms. The van der Waals surface area contributed by atoms with Crippen molar-refractivity contribution in [3.8, 4) is 22.6 Å². The van der Waals surface area contributed by atoms with Crippen LogP contribution in [0, 0.1) is 6.92 Å². The Kier molecular flexibility index (Phi) is 5.93. The van der Waals surface area contributed by atoms with Gasteiger partial charge in [0, 0.05) is 29.8 Å². The van der Waals surface area contributed by atoms with Crippen LogP contribution in [-0.2, 0) is 21.7 Å². The van der Waals surface area contributed by atoms with E-state index in [0.29, 0.717) is 4.90 Å². The Hall–Kier alpha value is -3.59. The van der Waals surface area contributed by atoms with Gasteiger partial charge in [-0.2, -0.15) is 0 Å². The highest BCUT2D eigenvalue weighted by molar-refractivity contribution is 7.90. The molecule has 0 radical (unpaired) electrons. The lowest BCUT2D eigenvalue weighted by atomic mass is 10.0. The lowest BCUT2D eigenvalue weighted by molar-refractivity contribution is -0.122. The maximum atomic E-state index is 11.6. The third-order valence-electron chi connectivity index (χ3n) is 4.56. The van der Waals surface area contributed by atoms with Crippen molar-refractivity contribution in [1.29, 1.82) is 0 Å². The highest BCUT2D eigenvalue weighted by Crippen LogP contribution is 2.28. The Balaban J connectivity index is 0.000000806. The predicted molar refractivity (Wildman–Crippen MR) is 114 cm³/mol. The van der Waals surface area contributed by atoms with Gasteiger partial charge >= 0.3 is 0 Å². The van der Waals surface area contributed by atoms with Gasteiger partial charge in [0.05, 0.1) is 16.1 Å². The zero-order valence-corrected chi connectivity index (χ0v) is 17.5. The molecule has 0 unspecified atom stereocenters. The van der Waals surface area contributed by atoms with E-state index in [0.717, 1.165) is 39.1 Å². The van der Waals surface area contributed by atoms with Crippen LogP contribution in [0.5, 0.6) is 0 Å². The van der Waals surface area contributed by atoms with Gasteiger partial charge in [-0.05, 0) is 48.9 Å². The second-order valence-corrected chi connectivity index (χ2v) is 8.74. The largest absolute Gasteiger partial charge is 0.483 e. The summed E-state index contributed by atoms with van der Waals surface area (Å²) in [6, 6.07) is 14.8. The molecule has 0 saturated heterocycles. The van der Waals surface area contributed by atoms with Crippen molar-refractivity contribution in [3.63, 3.8) is 0 Å². The summed E-state index contributed by atoms with van der Waals surface area (Å²) in [5.41, 5.74) is 4.64. The Labute approximate surface area is 173 Å².